The first-order valence-electron chi connectivity index (χ1n) is 11.4. The zero-order valence-corrected chi connectivity index (χ0v) is 21.6. The summed E-state index contributed by atoms with van der Waals surface area (Å²) in [5.74, 6) is 0.133. The third-order valence-corrected chi connectivity index (χ3v) is 7.09. The van der Waals surface area contributed by atoms with Gasteiger partial charge < -0.3 is 5.32 Å². The van der Waals surface area contributed by atoms with Gasteiger partial charge in [-0.15, -0.1) is 0 Å². The van der Waals surface area contributed by atoms with Gasteiger partial charge in [0, 0.05) is 18.0 Å². The molecule has 0 aliphatic heterocycles. The van der Waals surface area contributed by atoms with Gasteiger partial charge in [0.1, 0.15) is 5.82 Å². The summed E-state index contributed by atoms with van der Waals surface area (Å²) in [7, 11) is -3.82. The smallest absolute Gasteiger partial charge is 0.243 e. The van der Waals surface area contributed by atoms with E-state index in [0.717, 1.165) is 16.9 Å². The maximum atomic E-state index is 13.2. The van der Waals surface area contributed by atoms with Crippen molar-refractivity contribution in [3.63, 3.8) is 0 Å². The zero-order valence-electron chi connectivity index (χ0n) is 20.7. The van der Waals surface area contributed by atoms with Crippen LogP contribution in [0.5, 0.6) is 0 Å². The van der Waals surface area contributed by atoms with Crippen molar-refractivity contribution in [1.82, 2.24) is 14.1 Å². The minimum Gasteiger partial charge on any atom is -0.309 e. The zero-order chi connectivity index (χ0) is 25.1. The summed E-state index contributed by atoms with van der Waals surface area (Å²) in [6, 6.07) is 17.9. The Kier molecular flexibility index (Phi) is 7.63. The number of hydrogen-bond donors (Lipinski definition) is 1. The lowest BCUT2D eigenvalue weighted by molar-refractivity contribution is -0.116. The van der Waals surface area contributed by atoms with Crippen molar-refractivity contribution in [2.75, 3.05) is 18.4 Å². The molecule has 0 fully saturated rings. The molecule has 34 heavy (non-hydrogen) atoms. The quantitative estimate of drug-likeness (QED) is 0.502. The number of anilines is 1. The lowest BCUT2D eigenvalue weighted by atomic mass is 9.92. The minimum absolute atomic E-state index is 0.0524. The van der Waals surface area contributed by atoms with Gasteiger partial charge in [-0.1, -0.05) is 65.0 Å². The predicted molar refractivity (Wildman–Crippen MR) is 136 cm³/mol. The van der Waals surface area contributed by atoms with Gasteiger partial charge in [-0.3, -0.25) is 4.79 Å². The summed E-state index contributed by atoms with van der Waals surface area (Å²) >= 11 is 0. The fourth-order valence-electron chi connectivity index (χ4n) is 3.53. The molecular formula is C26H34N4O3S. The van der Waals surface area contributed by atoms with E-state index in [-0.39, 0.29) is 29.3 Å². The molecule has 182 valence electrons. The van der Waals surface area contributed by atoms with Gasteiger partial charge >= 0.3 is 0 Å². The Bertz CT molecular complexity index is 1240. The Labute approximate surface area is 202 Å². The van der Waals surface area contributed by atoms with Crippen LogP contribution in [0, 0.1) is 12.8 Å². The maximum absolute atomic E-state index is 13.2. The number of nitrogens with one attached hydrogen (secondary N) is 1. The van der Waals surface area contributed by atoms with Gasteiger partial charge in [-0.05, 0) is 42.7 Å². The van der Waals surface area contributed by atoms with Crippen LogP contribution in [0.1, 0.15) is 45.9 Å². The molecule has 0 saturated carbocycles. The Morgan fingerprint density at radius 3 is 2.32 bits per heavy atom. The molecule has 0 unspecified atom stereocenters. The predicted octanol–water partition coefficient (Wildman–Crippen LogP) is 4.76. The molecule has 3 aromatic rings. The van der Waals surface area contributed by atoms with Crippen LogP contribution in [-0.2, 0) is 20.2 Å². The van der Waals surface area contributed by atoms with Gasteiger partial charge in [0.25, 0.3) is 0 Å². The number of benzene rings is 2. The van der Waals surface area contributed by atoms with E-state index in [1.807, 2.05) is 51.1 Å². The molecule has 0 atom stereocenters. The number of nitrogens with zero attached hydrogens (tertiary/aromatic N) is 3. The first-order valence-corrected chi connectivity index (χ1v) is 12.8. The van der Waals surface area contributed by atoms with E-state index in [1.165, 1.54) is 4.31 Å². The summed E-state index contributed by atoms with van der Waals surface area (Å²) in [6.07, 6.45) is 0. The summed E-state index contributed by atoms with van der Waals surface area (Å²) < 4.78 is 29.4. The highest BCUT2D eigenvalue weighted by Gasteiger charge is 2.28. The van der Waals surface area contributed by atoms with E-state index < -0.39 is 15.9 Å². The second-order valence-corrected chi connectivity index (χ2v) is 11.9. The second kappa shape index (κ2) is 10.1. The molecule has 8 heteroatoms. The molecule has 1 N–H and O–H groups in total. The first-order chi connectivity index (χ1) is 15.9. The van der Waals surface area contributed by atoms with E-state index >= 15 is 0 Å². The van der Waals surface area contributed by atoms with Crippen LogP contribution >= 0.6 is 0 Å². The third-order valence-electron chi connectivity index (χ3n) is 5.26. The molecule has 7 nitrogen and oxygen atoms in total. The van der Waals surface area contributed by atoms with Crippen LogP contribution in [-0.4, -0.2) is 41.5 Å². The van der Waals surface area contributed by atoms with Crippen molar-refractivity contribution < 1.29 is 13.2 Å². The minimum atomic E-state index is -3.82. The van der Waals surface area contributed by atoms with Gasteiger partial charge in [-0.2, -0.15) is 9.40 Å². The fraction of sp³-hybridized carbons (Fsp3) is 0.385. The standard InChI is InChI=1S/C26H34N4O3S/c1-19(2)17-29(34(32,33)22-13-8-7-9-14-22)18-25(31)27-24-16-23(26(4,5)6)28-30(24)21-12-10-11-20(3)15-21/h7-16,19H,17-18H2,1-6H3,(H,27,31). The number of aryl methyl sites for hydroxylation is 1. The van der Waals surface area contributed by atoms with E-state index in [4.69, 9.17) is 5.10 Å². The van der Waals surface area contributed by atoms with Crippen LogP contribution < -0.4 is 5.32 Å². The molecule has 0 bridgehead atoms. The van der Waals surface area contributed by atoms with Gasteiger partial charge in [0.05, 0.1) is 22.8 Å². The third kappa shape index (κ3) is 6.12. The van der Waals surface area contributed by atoms with Crippen molar-refractivity contribution in [2.45, 2.75) is 51.9 Å². The van der Waals surface area contributed by atoms with E-state index in [1.54, 1.807) is 35.0 Å². The molecule has 2 aromatic carbocycles. The monoisotopic (exact) mass is 482 g/mol. The van der Waals surface area contributed by atoms with E-state index in [2.05, 4.69) is 26.1 Å². The molecule has 1 aromatic heterocycles. The normalized spacial score (nSPS) is 12.4. The number of carbonyl (C=O) groups is 1. The highest BCUT2D eigenvalue weighted by molar-refractivity contribution is 7.89. The highest BCUT2D eigenvalue weighted by atomic mass is 32.2. The molecular weight excluding hydrogens is 448 g/mol. The van der Waals surface area contributed by atoms with Crippen LogP contribution in [0.25, 0.3) is 5.69 Å². The summed E-state index contributed by atoms with van der Waals surface area (Å²) in [6.45, 7) is 11.9. The number of aromatic nitrogens is 2. The van der Waals surface area contributed by atoms with Crippen LogP contribution in [0.2, 0.25) is 0 Å². The molecule has 0 spiro atoms. The summed E-state index contributed by atoms with van der Waals surface area (Å²) in [5, 5.41) is 7.64. The Hall–Kier alpha value is -2.97. The molecule has 1 heterocycles. The lowest BCUT2D eigenvalue weighted by Gasteiger charge is -2.23. The SMILES string of the molecule is Cc1cccc(-n2nc(C(C)(C)C)cc2NC(=O)CN(CC(C)C)S(=O)(=O)c2ccccc2)c1. The van der Waals surface area contributed by atoms with Gasteiger partial charge in [0.2, 0.25) is 15.9 Å². The molecule has 0 aliphatic rings. The number of hydrogen-bond acceptors (Lipinski definition) is 4. The number of sulfonamides is 1. The van der Waals surface area contributed by atoms with Gasteiger partial charge in [-0.25, -0.2) is 13.1 Å². The number of rotatable bonds is 8. The number of amides is 1. The largest absolute Gasteiger partial charge is 0.309 e. The first kappa shape index (κ1) is 25.6. The molecule has 1 amide bonds. The molecule has 0 aliphatic carbocycles. The number of carbonyl (C=O) groups excluding carboxylic acids is 1. The summed E-state index contributed by atoms with van der Waals surface area (Å²) in [4.78, 5) is 13.3. The molecule has 0 saturated heterocycles. The highest BCUT2D eigenvalue weighted by Crippen LogP contribution is 2.27. The average Bonchev–Trinajstić information content (AvgIpc) is 3.18. The van der Waals surface area contributed by atoms with Crippen molar-refractivity contribution in [1.29, 1.82) is 0 Å². The van der Waals surface area contributed by atoms with Gasteiger partial charge in [0.15, 0.2) is 0 Å². The Balaban J connectivity index is 1.92. The van der Waals surface area contributed by atoms with E-state index in [0.29, 0.717) is 5.82 Å². The van der Waals surface area contributed by atoms with Crippen molar-refractivity contribution >= 4 is 21.7 Å². The van der Waals surface area contributed by atoms with Crippen molar-refractivity contribution in [3.05, 3.63) is 71.9 Å². The Morgan fingerprint density at radius 1 is 1.06 bits per heavy atom. The lowest BCUT2D eigenvalue weighted by Crippen LogP contribution is -2.40. The molecule has 0 radical (unpaired) electrons. The van der Waals surface area contributed by atoms with Crippen molar-refractivity contribution in [2.24, 2.45) is 5.92 Å². The van der Waals surface area contributed by atoms with Crippen LogP contribution in [0.3, 0.4) is 0 Å². The van der Waals surface area contributed by atoms with Crippen LogP contribution in [0.15, 0.2) is 65.6 Å². The van der Waals surface area contributed by atoms with Crippen LogP contribution in [0.4, 0.5) is 5.82 Å². The fourth-order valence-corrected chi connectivity index (χ4v) is 5.11. The Morgan fingerprint density at radius 2 is 1.74 bits per heavy atom. The maximum Gasteiger partial charge on any atom is 0.243 e. The average molecular weight is 483 g/mol. The van der Waals surface area contributed by atoms with E-state index in [9.17, 15) is 13.2 Å². The topological polar surface area (TPSA) is 84.3 Å². The van der Waals surface area contributed by atoms with Crippen molar-refractivity contribution in [3.8, 4) is 5.69 Å². The second-order valence-electron chi connectivity index (χ2n) is 9.97. The molecule has 3 rings (SSSR count). The summed E-state index contributed by atoms with van der Waals surface area (Å²) in [5.41, 5.74) is 2.48.